The van der Waals surface area contributed by atoms with Crippen LogP contribution < -0.4 is 5.73 Å². The summed E-state index contributed by atoms with van der Waals surface area (Å²) < 4.78 is 1.62. The second kappa shape index (κ2) is 1.98. The molecule has 1 aromatic heterocycles. The summed E-state index contributed by atoms with van der Waals surface area (Å²) in [6.45, 7) is 0. The number of H-pyrrole nitrogens is 1. The van der Waals surface area contributed by atoms with Gasteiger partial charge in [-0.05, 0) is 6.07 Å². The number of anilines is 1. The Morgan fingerprint density at radius 2 is 2.31 bits per heavy atom. The van der Waals surface area contributed by atoms with Gasteiger partial charge in [-0.2, -0.15) is 4.98 Å². The van der Waals surface area contributed by atoms with Crippen LogP contribution in [0, 0.1) is 0 Å². The number of fused-ring (bicyclic) bond motifs is 3. The molecule has 0 aromatic carbocycles. The first-order chi connectivity index (χ1) is 6.36. The van der Waals surface area contributed by atoms with Crippen molar-refractivity contribution in [3.63, 3.8) is 0 Å². The van der Waals surface area contributed by atoms with Crippen molar-refractivity contribution < 1.29 is 0 Å². The maximum atomic E-state index is 5.67. The monoisotopic (exact) mass is 174 g/mol. The highest BCUT2D eigenvalue weighted by molar-refractivity contribution is 5.75. The number of nitrogens with one attached hydrogen (secondary N) is 1. The molecule has 3 rings (SSSR count). The zero-order valence-electron chi connectivity index (χ0n) is 6.60. The van der Waals surface area contributed by atoms with Gasteiger partial charge in [-0.25, -0.2) is 14.5 Å². The van der Waals surface area contributed by atoms with Crippen LogP contribution in [0.5, 0.6) is 0 Å². The van der Waals surface area contributed by atoms with E-state index in [0.29, 0.717) is 11.8 Å². The van der Waals surface area contributed by atoms with Crippen LogP contribution in [0.15, 0.2) is 18.6 Å². The molecule has 0 saturated carbocycles. The molecule has 0 unspecified atom stereocenters. The lowest BCUT2D eigenvalue weighted by atomic mass is 10.3. The Kier molecular flexibility index (Phi) is 0.974. The van der Waals surface area contributed by atoms with E-state index in [9.17, 15) is 0 Å². The number of hydrogen-bond acceptors (Lipinski definition) is 4. The maximum Gasteiger partial charge on any atom is 0.223 e. The highest BCUT2D eigenvalue weighted by Crippen LogP contribution is 2.22. The Morgan fingerprint density at radius 3 is 3.23 bits per heavy atom. The quantitative estimate of drug-likeness (QED) is 0.507. The molecule has 0 spiro atoms. The van der Waals surface area contributed by atoms with Gasteiger partial charge < -0.3 is 5.73 Å². The van der Waals surface area contributed by atoms with E-state index in [-0.39, 0.29) is 0 Å². The first-order valence-electron chi connectivity index (χ1n) is 3.78. The number of nitrogens with zero attached hydrogens (tertiary/aromatic N) is 4. The number of nitrogens with two attached hydrogens (primary N) is 1. The summed E-state index contributed by atoms with van der Waals surface area (Å²) in [5.74, 6) is 0.989. The third-order valence-corrected chi connectivity index (χ3v) is 1.95. The molecule has 0 radical (unpaired) electrons. The first kappa shape index (κ1) is 6.41. The summed E-state index contributed by atoms with van der Waals surface area (Å²) in [5, 5.41) is 2.86. The summed E-state index contributed by atoms with van der Waals surface area (Å²) in [6.07, 6.45) is 3.26. The van der Waals surface area contributed by atoms with Crippen LogP contribution in [0.3, 0.4) is 0 Å². The molecular formula is C7H6N6. The van der Waals surface area contributed by atoms with Crippen molar-refractivity contribution in [2.75, 3.05) is 5.73 Å². The van der Waals surface area contributed by atoms with Gasteiger partial charge in [-0.3, -0.25) is 5.10 Å². The van der Waals surface area contributed by atoms with Crippen LogP contribution in [-0.2, 0) is 0 Å². The summed E-state index contributed by atoms with van der Waals surface area (Å²) >= 11 is 0. The lowest BCUT2D eigenvalue weighted by Crippen LogP contribution is -2.04. The zero-order chi connectivity index (χ0) is 8.84. The zero-order valence-corrected chi connectivity index (χ0v) is 6.60. The van der Waals surface area contributed by atoms with E-state index in [4.69, 9.17) is 5.73 Å². The van der Waals surface area contributed by atoms with Gasteiger partial charge in [0.25, 0.3) is 0 Å². The standard InChI is InChI=1S/C7H6N6/c8-7-12-5-4(1-2-9-5)6-10-3-11-13(6)7/h1-3H,(H,10,11)(H2,8,9,12). The van der Waals surface area contributed by atoms with Crippen molar-refractivity contribution in [2.24, 2.45) is 0 Å². The minimum atomic E-state index is 0.360. The molecule has 6 heteroatoms. The molecule has 13 heavy (non-hydrogen) atoms. The smallest absolute Gasteiger partial charge is 0.223 e. The van der Waals surface area contributed by atoms with Crippen molar-refractivity contribution in [3.8, 4) is 11.4 Å². The molecule has 0 aliphatic carbocycles. The fourth-order valence-corrected chi connectivity index (χ4v) is 1.38. The van der Waals surface area contributed by atoms with Crippen LogP contribution in [-0.4, -0.2) is 24.6 Å². The predicted molar refractivity (Wildman–Crippen MR) is 46.2 cm³/mol. The summed E-state index contributed by atoms with van der Waals surface area (Å²) in [7, 11) is 0. The highest BCUT2D eigenvalue weighted by Gasteiger charge is 2.13. The van der Waals surface area contributed by atoms with Gasteiger partial charge in [0.05, 0.1) is 5.56 Å². The number of nitrogen functional groups attached to an aromatic ring is 1. The fourth-order valence-electron chi connectivity index (χ4n) is 1.38. The van der Waals surface area contributed by atoms with Crippen LogP contribution >= 0.6 is 0 Å². The van der Waals surface area contributed by atoms with E-state index in [2.05, 4.69) is 20.1 Å². The number of rotatable bonds is 0. The molecule has 0 fully saturated rings. The van der Waals surface area contributed by atoms with Crippen LogP contribution in [0.4, 0.5) is 5.95 Å². The molecule has 0 bridgehead atoms. The van der Waals surface area contributed by atoms with Crippen molar-refractivity contribution >= 4 is 11.6 Å². The summed E-state index contributed by atoms with van der Waals surface area (Å²) in [5.41, 5.74) is 7.32. The molecule has 6 nitrogen and oxygen atoms in total. The third-order valence-electron chi connectivity index (χ3n) is 1.95. The molecule has 0 saturated heterocycles. The minimum Gasteiger partial charge on any atom is -0.368 e. The van der Waals surface area contributed by atoms with E-state index in [1.807, 2.05) is 6.07 Å². The van der Waals surface area contributed by atoms with E-state index in [1.165, 1.54) is 0 Å². The first-order valence-corrected chi connectivity index (χ1v) is 3.78. The van der Waals surface area contributed by atoms with E-state index in [0.717, 1.165) is 11.2 Å². The Bertz CT molecular complexity index is 535. The molecule has 2 aliphatic heterocycles. The van der Waals surface area contributed by atoms with Crippen LogP contribution in [0.1, 0.15) is 0 Å². The number of aromatic nitrogens is 5. The Morgan fingerprint density at radius 1 is 1.38 bits per heavy atom. The molecule has 3 heterocycles. The van der Waals surface area contributed by atoms with Gasteiger partial charge in [0, 0.05) is 6.20 Å². The second-order valence-corrected chi connectivity index (χ2v) is 2.70. The number of aromatic amines is 1. The third kappa shape index (κ3) is 0.689. The number of hydrogen-bond donors (Lipinski definition) is 2. The van der Waals surface area contributed by atoms with E-state index < -0.39 is 0 Å². The molecule has 1 aromatic rings. The average molecular weight is 174 g/mol. The normalized spacial score (nSPS) is 11.4. The van der Waals surface area contributed by atoms with Gasteiger partial charge in [-0.15, -0.1) is 0 Å². The molecule has 3 N–H and O–H groups in total. The van der Waals surface area contributed by atoms with Crippen molar-refractivity contribution in [1.82, 2.24) is 24.6 Å². The Hall–Kier alpha value is -2.11. The fraction of sp³-hybridized carbons (Fsp3) is 0. The van der Waals surface area contributed by atoms with Gasteiger partial charge in [-0.1, -0.05) is 0 Å². The molecule has 0 amide bonds. The largest absolute Gasteiger partial charge is 0.368 e. The average Bonchev–Trinajstić information content (AvgIpc) is 2.66. The maximum absolute atomic E-state index is 5.67. The Balaban J connectivity index is 2.62. The Labute approximate surface area is 72.8 Å². The summed E-state index contributed by atoms with van der Waals surface area (Å²) in [6, 6.07) is 1.86. The molecular weight excluding hydrogens is 168 g/mol. The SMILES string of the molecule is Nc1nc2nccc-2c2nc[nH]n12. The van der Waals surface area contributed by atoms with Crippen molar-refractivity contribution in [1.29, 1.82) is 0 Å². The van der Waals surface area contributed by atoms with Crippen molar-refractivity contribution in [3.05, 3.63) is 18.6 Å². The topological polar surface area (TPSA) is 84.9 Å². The van der Waals surface area contributed by atoms with E-state index >= 15 is 0 Å². The van der Waals surface area contributed by atoms with Gasteiger partial charge in [0.15, 0.2) is 11.5 Å². The van der Waals surface area contributed by atoms with Crippen LogP contribution in [0.25, 0.3) is 17.0 Å². The van der Waals surface area contributed by atoms with Gasteiger partial charge in [0.2, 0.25) is 5.95 Å². The molecule has 64 valence electrons. The van der Waals surface area contributed by atoms with Crippen molar-refractivity contribution in [2.45, 2.75) is 0 Å². The second-order valence-electron chi connectivity index (χ2n) is 2.70. The summed E-state index contributed by atoms with van der Waals surface area (Å²) in [4.78, 5) is 12.3. The lowest BCUT2D eigenvalue weighted by Gasteiger charge is -2.01. The molecule has 2 aliphatic rings. The predicted octanol–water partition coefficient (Wildman–Crippen LogP) is 0.139. The van der Waals surface area contributed by atoms with Gasteiger partial charge in [0.1, 0.15) is 6.33 Å². The molecule has 0 atom stereocenters. The van der Waals surface area contributed by atoms with E-state index in [1.54, 1.807) is 17.0 Å². The van der Waals surface area contributed by atoms with Gasteiger partial charge >= 0.3 is 0 Å². The lowest BCUT2D eigenvalue weighted by molar-refractivity contribution is 0.936. The highest BCUT2D eigenvalue weighted by atomic mass is 15.3. The minimum absolute atomic E-state index is 0.360. The van der Waals surface area contributed by atoms with Crippen LogP contribution in [0.2, 0.25) is 0 Å².